The van der Waals surface area contributed by atoms with Gasteiger partial charge in [0.2, 0.25) is 5.91 Å². The number of H-pyrrole nitrogens is 1. The SMILES string of the molecule is Cc1ccnn1CCC(=O)N1CCC2(CC1)OCCc1c2[nH]c2ccccc12. The lowest BCUT2D eigenvalue weighted by molar-refractivity contribution is -0.141. The molecule has 0 unspecified atom stereocenters. The van der Waals surface area contributed by atoms with Gasteiger partial charge in [0.25, 0.3) is 0 Å². The van der Waals surface area contributed by atoms with Crippen LogP contribution in [0.5, 0.6) is 0 Å². The first-order valence-corrected chi connectivity index (χ1v) is 10.2. The number of carbonyl (C=O) groups excluding carboxylic acids is 1. The molecule has 0 aliphatic carbocycles. The predicted molar refractivity (Wildman–Crippen MR) is 107 cm³/mol. The van der Waals surface area contributed by atoms with E-state index in [0.717, 1.165) is 44.7 Å². The highest BCUT2D eigenvalue weighted by atomic mass is 16.5. The molecule has 1 saturated heterocycles. The van der Waals surface area contributed by atoms with Crippen LogP contribution >= 0.6 is 0 Å². The second-order valence-electron chi connectivity index (χ2n) is 7.94. The van der Waals surface area contributed by atoms with Crippen LogP contribution in [0.4, 0.5) is 0 Å². The van der Waals surface area contributed by atoms with Crippen molar-refractivity contribution in [2.45, 2.75) is 44.8 Å². The molecular weight excluding hydrogens is 352 g/mol. The van der Waals surface area contributed by atoms with Crippen molar-refractivity contribution >= 4 is 16.8 Å². The number of nitrogens with zero attached hydrogens (tertiary/aromatic N) is 3. The summed E-state index contributed by atoms with van der Waals surface area (Å²) < 4.78 is 8.23. The Morgan fingerprint density at radius 3 is 2.86 bits per heavy atom. The molecule has 2 aliphatic rings. The summed E-state index contributed by atoms with van der Waals surface area (Å²) in [5.41, 5.74) is 4.63. The van der Waals surface area contributed by atoms with Gasteiger partial charge in [0.15, 0.2) is 0 Å². The number of likely N-dealkylation sites (tertiary alicyclic amines) is 1. The van der Waals surface area contributed by atoms with E-state index in [1.165, 1.54) is 22.2 Å². The van der Waals surface area contributed by atoms with Gasteiger partial charge in [-0.3, -0.25) is 9.48 Å². The summed E-state index contributed by atoms with van der Waals surface area (Å²) in [7, 11) is 0. The minimum atomic E-state index is -0.276. The number of ether oxygens (including phenoxy) is 1. The lowest BCUT2D eigenvalue weighted by atomic mass is 9.83. The summed E-state index contributed by atoms with van der Waals surface area (Å²) >= 11 is 0. The molecule has 3 aromatic rings. The largest absolute Gasteiger partial charge is 0.368 e. The lowest BCUT2D eigenvalue weighted by Crippen LogP contribution is -2.48. The third kappa shape index (κ3) is 2.83. The van der Waals surface area contributed by atoms with Crippen molar-refractivity contribution in [3.63, 3.8) is 0 Å². The van der Waals surface area contributed by atoms with Crippen LogP contribution in [-0.2, 0) is 28.1 Å². The minimum Gasteiger partial charge on any atom is -0.368 e. The number of rotatable bonds is 3. The Morgan fingerprint density at radius 2 is 2.07 bits per heavy atom. The van der Waals surface area contributed by atoms with Gasteiger partial charge in [-0.05, 0) is 43.9 Å². The van der Waals surface area contributed by atoms with Gasteiger partial charge in [0, 0.05) is 48.8 Å². The second kappa shape index (κ2) is 6.78. The Kier molecular flexibility index (Phi) is 4.23. The van der Waals surface area contributed by atoms with Gasteiger partial charge >= 0.3 is 0 Å². The van der Waals surface area contributed by atoms with E-state index in [2.05, 4.69) is 34.3 Å². The number of benzene rings is 1. The summed E-state index contributed by atoms with van der Waals surface area (Å²) in [6.07, 6.45) is 4.92. The minimum absolute atomic E-state index is 0.206. The Bertz CT molecular complexity index is 1010. The zero-order valence-electron chi connectivity index (χ0n) is 16.3. The number of amides is 1. The molecule has 28 heavy (non-hydrogen) atoms. The van der Waals surface area contributed by atoms with Crippen molar-refractivity contribution in [3.8, 4) is 0 Å². The molecule has 146 valence electrons. The predicted octanol–water partition coefficient (Wildman–Crippen LogP) is 3.15. The standard InChI is InChI=1S/C22H26N4O2/c1-16-6-11-23-26(16)12-7-20(27)25-13-9-22(10-14-25)21-18(8-15-28-22)17-4-2-3-5-19(17)24-21/h2-6,11,24H,7-10,12-15H2,1H3. The highest BCUT2D eigenvalue weighted by Crippen LogP contribution is 2.43. The maximum absolute atomic E-state index is 12.7. The number of para-hydroxylation sites is 1. The molecule has 2 aromatic heterocycles. The van der Waals surface area contributed by atoms with E-state index in [0.29, 0.717) is 13.0 Å². The van der Waals surface area contributed by atoms with Crippen LogP contribution in [0.15, 0.2) is 36.5 Å². The molecule has 1 amide bonds. The van der Waals surface area contributed by atoms with Gasteiger partial charge in [0.1, 0.15) is 5.60 Å². The number of carbonyl (C=O) groups is 1. The normalized spacial score (nSPS) is 18.5. The lowest BCUT2D eigenvalue weighted by Gasteiger charge is -2.43. The Labute approximate surface area is 164 Å². The van der Waals surface area contributed by atoms with Crippen LogP contribution in [0, 0.1) is 6.92 Å². The highest BCUT2D eigenvalue weighted by Gasteiger charge is 2.43. The molecule has 4 heterocycles. The topological polar surface area (TPSA) is 63.1 Å². The summed E-state index contributed by atoms with van der Waals surface area (Å²) in [6.45, 7) is 4.89. The molecule has 6 heteroatoms. The third-order valence-corrected chi connectivity index (χ3v) is 6.39. The summed E-state index contributed by atoms with van der Waals surface area (Å²) in [4.78, 5) is 18.3. The number of aromatic amines is 1. The average Bonchev–Trinajstić information content (AvgIpc) is 3.31. The fourth-order valence-corrected chi connectivity index (χ4v) is 4.77. The van der Waals surface area contributed by atoms with Crippen molar-refractivity contribution in [3.05, 3.63) is 53.5 Å². The molecule has 0 atom stereocenters. The van der Waals surface area contributed by atoms with Gasteiger partial charge in [-0.25, -0.2) is 0 Å². The van der Waals surface area contributed by atoms with Gasteiger partial charge in [0.05, 0.1) is 12.3 Å². The van der Waals surface area contributed by atoms with E-state index in [-0.39, 0.29) is 11.5 Å². The van der Waals surface area contributed by atoms with Crippen LogP contribution in [0.3, 0.4) is 0 Å². The van der Waals surface area contributed by atoms with Crippen LogP contribution in [0.1, 0.15) is 36.2 Å². The van der Waals surface area contributed by atoms with Crippen molar-refractivity contribution < 1.29 is 9.53 Å². The number of aromatic nitrogens is 3. The Hall–Kier alpha value is -2.60. The fourth-order valence-electron chi connectivity index (χ4n) is 4.77. The molecular formula is C22H26N4O2. The number of fused-ring (bicyclic) bond motifs is 4. The van der Waals surface area contributed by atoms with E-state index < -0.39 is 0 Å². The van der Waals surface area contributed by atoms with E-state index in [9.17, 15) is 4.79 Å². The average molecular weight is 378 g/mol. The first-order chi connectivity index (χ1) is 13.7. The van der Waals surface area contributed by atoms with Gasteiger partial charge in [-0.1, -0.05) is 18.2 Å². The molecule has 0 radical (unpaired) electrons. The van der Waals surface area contributed by atoms with Crippen molar-refractivity contribution in [1.29, 1.82) is 0 Å². The van der Waals surface area contributed by atoms with Gasteiger partial charge < -0.3 is 14.6 Å². The van der Waals surface area contributed by atoms with Crippen LogP contribution < -0.4 is 0 Å². The van der Waals surface area contributed by atoms with Crippen molar-refractivity contribution in [2.75, 3.05) is 19.7 Å². The fraction of sp³-hybridized carbons (Fsp3) is 0.455. The van der Waals surface area contributed by atoms with Crippen LogP contribution in [0.25, 0.3) is 10.9 Å². The van der Waals surface area contributed by atoms with Crippen molar-refractivity contribution in [1.82, 2.24) is 19.7 Å². The van der Waals surface area contributed by atoms with E-state index in [1.54, 1.807) is 6.20 Å². The number of nitrogens with one attached hydrogen (secondary N) is 1. The summed E-state index contributed by atoms with van der Waals surface area (Å²) in [6, 6.07) is 10.5. The number of aryl methyl sites for hydroxylation is 2. The quantitative estimate of drug-likeness (QED) is 0.761. The summed E-state index contributed by atoms with van der Waals surface area (Å²) in [5.74, 6) is 0.206. The van der Waals surface area contributed by atoms with E-state index in [4.69, 9.17) is 4.74 Å². The molecule has 5 rings (SSSR count). The van der Waals surface area contributed by atoms with E-state index >= 15 is 0 Å². The molecule has 6 nitrogen and oxygen atoms in total. The van der Waals surface area contributed by atoms with Crippen LogP contribution in [-0.4, -0.2) is 45.3 Å². The molecule has 1 aromatic carbocycles. The molecule has 0 saturated carbocycles. The maximum atomic E-state index is 12.7. The third-order valence-electron chi connectivity index (χ3n) is 6.39. The maximum Gasteiger partial charge on any atom is 0.224 e. The van der Waals surface area contributed by atoms with Crippen LogP contribution in [0.2, 0.25) is 0 Å². The molecule has 0 bridgehead atoms. The van der Waals surface area contributed by atoms with E-state index in [1.807, 2.05) is 22.6 Å². The number of piperidine rings is 1. The summed E-state index contributed by atoms with van der Waals surface area (Å²) in [5, 5.41) is 5.58. The molecule has 2 aliphatic heterocycles. The Morgan fingerprint density at radius 1 is 1.25 bits per heavy atom. The smallest absolute Gasteiger partial charge is 0.224 e. The number of hydrogen-bond acceptors (Lipinski definition) is 3. The first kappa shape index (κ1) is 17.5. The Balaban J connectivity index is 1.30. The number of hydrogen-bond donors (Lipinski definition) is 1. The zero-order chi connectivity index (χ0) is 19.1. The first-order valence-electron chi connectivity index (χ1n) is 10.2. The monoisotopic (exact) mass is 378 g/mol. The van der Waals surface area contributed by atoms with Gasteiger partial charge in [-0.15, -0.1) is 0 Å². The molecule has 1 spiro atoms. The molecule has 1 fully saturated rings. The zero-order valence-corrected chi connectivity index (χ0v) is 16.3. The second-order valence-corrected chi connectivity index (χ2v) is 7.94. The highest BCUT2D eigenvalue weighted by molar-refractivity contribution is 5.85. The van der Waals surface area contributed by atoms with Gasteiger partial charge in [-0.2, -0.15) is 5.10 Å². The molecule has 1 N–H and O–H groups in total. The van der Waals surface area contributed by atoms with Crippen molar-refractivity contribution in [2.24, 2.45) is 0 Å².